The van der Waals surface area contributed by atoms with Crippen molar-refractivity contribution in [3.05, 3.63) is 35.0 Å². The van der Waals surface area contributed by atoms with Gasteiger partial charge in [-0.05, 0) is 12.5 Å². The molecule has 3 rings (SSSR count). The Labute approximate surface area is 140 Å². The van der Waals surface area contributed by atoms with Crippen molar-refractivity contribution in [2.45, 2.75) is 13.3 Å². The fourth-order valence-electron chi connectivity index (χ4n) is 3.17. The molecule has 6 heteroatoms. The van der Waals surface area contributed by atoms with E-state index in [1.54, 1.807) is 16.7 Å². The van der Waals surface area contributed by atoms with E-state index in [9.17, 15) is 9.59 Å². The van der Waals surface area contributed by atoms with E-state index in [0.717, 1.165) is 17.3 Å². The molecule has 2 heterocycles. The number of aryl methyl sites for hydroxylation is 1. The first-order valence-corrected chi connectivity index (χ1v) is 8.16. The largest absolute Gasteiger partial charge is 0.341 e. The molecule has 122 valence electrons. The molecule has 0 atom stereocenters. The first-order valence-electron chi connectivity index (χ1n) is 7.78. The minimum absolute atomic E-state index is 0.0573. The number of hydrogen-bond donors (Lipinski definition) is 0. The average Bonchev–Trinajstić information content (AvgIpc) is 2.73. The summed E-state index contributed by atoms with van der Waals surface area (Å²) in [5.41, 5.74) is 1.46. The Morgan fingerprint density at radius 2 is 1.70 bits per heavy atom. The first-order chi connectivity index (χ1) is 11.0. The van der Waals surface area contributed by atoms with Crippen molar-refractivity contribution in [2.24, 2.45) is 7.05 Å². The number of halogens is 1. The Bertz CT molecular complexity index is 730. The highest BCUT2D eigenvalue weighted by Gasteiger charge is 2.26. The minimum Gasteiger partial charge on any atom is -0.341 e. The lowest BCUT2D eigenvalue weighted by atomic mass is 10.2. The summed E-state index contributed by atoms with van der Waals surface area (Å²) in [7, 11) is 1.86. The van der Waals surface area contributed by atoms with Crippen LogP contribution in [-0.4, -0.2) is 52.4 Å². The van der Waals surface area contributed by atoms with Crippen molar-refractivity contribution in [1.82, 2.24) is 14.4 Å². The second kappa shape index (κ2) is 6.24. The summed E-state index contributed by atoms with van der Waals surface area (Å²) in [6.45, 7) is 4.01. The predicted molar refractivity (Wildman–Crippen MR) is 90.7 cm³/mol. The fourth-order valence-corrected chi connectivity index (χ4v) is 3.54. The van der Waals surface area contributed by atoms with Gasteiger partial charge in [0, 0.05) is 51.1 Å². The van der Waals surface area contributed by atoms with E-state index in [-0.39, 0.29) is 11.8 Å². The summed E-state index contributed by atoms with van der Waals surface area (Å²) >= 11 is 6.46. The zero-order valence-corrected chi connectivity index (χ0v) is 14.1. The van der Waals surface area contributed by atoms with E-state index in [1.807, 2.05) is 35.9 Å². The molecule has 5 nitrogen and oxygen atoms in total. The van der Waals surface area contributed by atoms with Gasteiger partial charge < -0.3 is 14.4 Å². The summed E-state index contributed by atoms with van der Waals surface area (Å²) in [5, 5.41) is 1.39. The molecule has 0 radical (unpaired) electrons. The van der Waals surface area contributed by atoms with Gasteiger partial charge in [0.25, 0.3) is 5.91 Å². The van der Waals surface area contributed by atoms with Gasteiger partial charge in [-0.3, -0.25) is 9.59 Å². The van der Waals surface area contributed by atoms with Crippen molar-refractivity contribution in [2.75, 3.05) is 26.2 Å². The molecule has 2 aromatic rings. The number of aromatic nitrogens is 1. The number of carbonyl (C=O) groups excluding carboxylic acids is 2. The number of nitrogens with zero attached hydrogens (tertiary/aromatic N) is 3. The van der Waals surface area contributed by atoms with Crippen LogP contribution in [0, 0.1) is 0 Å². The van der Waals surface area contributed by atoms with Gasteiger partial charge in [-0.25, -0.2) is 0 Å². The number of benzene rings is 1. The Hall–Kier alpha value is -2.01. The van der Waals surface area contributed by atoms with Crippen LogP contribution in [0.5, 0.6) is 0 Å². The third-order valence-electron chi connectivity index (χ3n) is 4.48. The number of amides is 2. The van der Waals surface area contributed by atoms with E-state index in [2.05, 4.69) is 0 Å². The number of para-hydroxylation sites is 1. The van der Waals surface area contributed by atoms with E-state index in [1.165, 1.54) is 0 Å². The van der Waals surface area contributed by atoms with Crippen molar-refractivity contribution in [3.8, 4) is 0 Å². The normalized spacial score (nSPS) is 15.8. The molecule has 1 aromatic carbocycles. The van der Waals surface area contributed by atoms with Gasteiger partial charge in [-0.1, -0.05) is 29.8 Å². The molecule has 1 fully saturated rings. The van der Waals surface area contributed by atoms with Gasteiger partial charge in [0.05, 0.1) is 5.02 Å². The molecule has 1 saturated heterocycles. The molecular weight excluding hydrogens is 314 g/mol. The van der Waals surface area contributed by atoms with Crippen LogP contribution in [0.25, 0.3) is 10.9 Å². The highest BCUT2D eigenvalue weighted by atomic mass is 35.5. The Morgan fingerprint density at radius 3 is 2.39 bits per heavy atom. The maximum absolute atomic E-state index is 13.0. The molecule has 1 aliphatic heterocycles. The average molecular weight is 334 g/mol. The van der Waals surface area contributed by atoms with Crippen LogP contribution < -0.4 is 0 Å². The van der Waals surface area contributed by atoms with Crippen LogP contribution >= 0.6 is 11.6 Å². The zero-order chi connectivity index (χ0) is 16.6. The van der Waals surface area contributed by atoms with Crippen molar-refractivity contribution in [1.29, 1.82) is 0 Å². The Kier molecular flexibility index (Phi) is 4.31. The van der Waals surface area contributed by atoms with Crippen molar-refractivity contribution in [3.63, 3.8) is 0 Å². The topological polar surface area (TPSA) is 45.6 Å². The summed E-state index contributed by atoms with van der Waals surface area (Å²) in [6, 6.07) is 7.73. The molecule has 0 aliphatic carbocycles. The number of fused-ring (bicyclic) bond motifs is 1. The van der Waals surface area contributed by atoms with Crippen LogP contribution in [0.4, 0.5) is 0 Å². The van der Waals surface area contributed by atoms with Gasteiger partial charge in [-0.2, -0.15) is 0 Å². The number of carbonyl (C=O) groups is 2. The first kappa shape index (κ1) is 15.9. The summed E-state index contributed by atoms with van der Waals surface area (Å²) in [4.78, 5) is 28.1. The Morgan fingerprint density at radius 1 is 1.04 bits per heavy atom. The quantitative estimate of drug-likeness (QED) is 0.805. The third-order valence-corrected chi connectivity index (χ3v) is 4.86. The molecular formula is C17H20ClN3O2. The van der Waals surface area contributed by atoms with E-state index in [4.69, 9.17) is 11.6 Å². The van der Waals surface area contributed by atoms with Crippen LogP contribution in [0.15, 0.2) is 24.3 Å². The molecule has 0 saturated carbocycles. The predicted octanol–water partition coefficient (Wildman–Crippen LogP) is 2.53. The molecule has 0 unspecified atom stereocenters. The van der Waals surface area contributed by atoms with Gasteiger partial charge in [0.2, 0.25) is 5.91 Å². The van der Waals surface area contributed by atoms with E-state index < -0.39 is 0 Å². The van der Waals surface area contributed by atoms with Crippen LogP contribution in [-0.2, 0) is 11.8 Å². The smallest absolute Gasteiger partial charge is 0.272 e. The SMILES string of the molecule is CC(=O)N1CCCN(C(=O)c2c(Cl)c3ccccc3n2C)CC1. The fraction of sp³-hybridized carbons (Fsp3) is 0.412. The van der Waals surface area contributed by atoms with Gasteiger partial charge in [0.15, 0.2) is 0 Å². The second-order valence-corrected chi connectivity index (χ2v) is 6.27. The van der Waals surface area contributed by atoms with Crippen molar-refractivity contribution >= 4 is 34.3 Å². The molecule has 0 N–H and O–H groups in total. The molecule has 23 heavy (non-hydrogen) atoms. The van der Waals surface area contributed by atoms with Gasteiger partial charge in [-0.15, -0.1) is 0 Å². The highest BCUT2D eigenvalue weighted by molar-refractivity contribution is 6.38. The molecule has 2 amide bonds. The van der Waals surface area contributed by atoms with Gasteiger partial charge >= 0.3 is 0 Å². The maximum atomic E-state index is 13.0. The van der Waals surface area contributed by atoms with Crippen LogP contribution in [0.2, 0.25) is 5.02 Å². The lowest BCUT2D eigenvalue weighted by Crippen LogP contribution is -2.37. The van der Waals surface area contributed by atoms with Crippen LogP contribution in [0.1, 0.15) is 23.8 Å². The Balaban J connectivity index is 1.90. The lowest BCUT2D eigenvalue weighted by molar-refractivity contribution is -0.128. The van der Waals surface area contributed by atoms with E-state index >= 15 is 0 Å². The number of rotatable bonds is 1. The maximum Gasteiger partial charge on any atom is 0.272 e. The van der Waals surface area contributed by atoms with Crippen LogP contribution in [0.3, 0.4) is 0 Å². The summed E-state index contributed by atoms with van der Waals surface area (Å²) in [5.74, 6) is -0.0129. The van der Waals surface area contributed by atoms with Crippen molar-refractivity contribution < 1.29 is 9.59 Å². The van der Waals surface area contributed by atoms with Gasteiger partial charge in [0.1, 0.15) is 5.69 Å². The molecule has 1 aliphatic rings. The molecule has 1 aromatic heterocycles. The second-order valence-electron chi connectivity index (χ2n) is 5.89. The standard InChI is InChI=1S/C17H20ClN3O2/c1-12(22)20-8-5-9-21(11-10-20)17(23)16-15(18)13-6-3-4-7-14(13)19(16)2/h3-4,6-7H,5,8-11H2,1-2H3. The lowest BCUT2D eigenvalue weighted by Gasteiger charge is -2.21. The van der Waals surface area contributed by atoms with E-state index in [0.29, 0.717) is 36.9 Å². The zero-order valence-electron chi connectivity index (χ0n) is 13.4. The minimum atomic E-state index is -0.0703. The number of hydrogen-bond acceptors (Lipinski definition) is 2. The summed E-state index contributed by atoms with van der Waals surface area (Å²) < 4.78 is 1.85. The summed E-state index contributed by atoms with van der Waals surface area (Å²) in [6.07, 6.45) is 0.785. The monoisotopic (exact) mass is 333 g/mol. The molecule has 0 spiro atoms. The highest BCUT2D eigenvalue weighted by Crippen LogP contribution is 2.30. The third kappa shape index (κ3) is 2.81. The molecule has 0 bridgehead atoms.